The van der Waals surface area contributed by atoms with Crippen molar-refractivity contribution in [2.24, 2.45) is 4.99 Å². The molecule has 0 unspecified atom stereocenters. The average Bonchev–Trinajstić information content (AvgIpc) is 2.48. The van der Waals surface area contributed by atoms with Crippen molar-refractivity contribution in [3.05, 3.63) is 29.8 Å². The molecule has 1 aromatic rings. The molecule has 2 aliphatic rings. The summed E-state index contributed by atoms with van der Waals surface area (Å²) in [7, 11) is 0. The fraction of sp³-hybridized carbons (Fsp3) is 0.333. The molecule has 0 saturated carbocycles. The minimum Gasteiger partial charge on any atom is -0.476 e. The van der Waals surface area contributed by atoms with Crippen LogP contribution in [0.4, 0.5) is 5.82 Å². The first kappa shape index (κ1) is 9.54. The van der Waals surface area contributed by atoms with Gasteiger partial charge in [-0.15, -0.1) is 0 Å². The van der Waals surface area contributed by atoms with Crippen LogP contribution >= 0.6 is 0 Å². The number of fused-ring (bicyclic) bond motifs is 1. The minimum atomic E-state index is 0.667. The Labute approximate surface area is 94.1 Å². The predicted octanol–water partition coefficient (Wildman–Crippen LogP) is 1.60. The van der Waals surface area contributed by atoms with E-state index in [1.807, 2.05) is 18.2 Å². The molecule has 4 nitrogen and oxygen atoms in total. The Morgan fingerprint density at radius 2 is 2.31 bits per heavy atom. The molecule has 82 valence electrons. The van der Waals surface area contributed by atoms with E-state index in [2.05, 4.69) is 21.4 Å². The normalized spacial score (nSPS) is 20.9. The fourth-order valence-electron chi connectivity index (χ4n) is 1.68. The van der Waals surface area contributed by atoms with Gasteiger partial charge in [0.1, 0.15) is 6.61 Å². The van der Waals surface area contributed by atoms with Crippen LogP contribution in [0.3, 0.4) is 0 Å². The van der Waals surface area contributed by atoms with E-state index in [-0.39, 0.29) is 0 Å². The molecular formula is C12H13N3O. The van der Waals surface area contributed by atoms with E-state index in [1.54, 1.807) is 0 Å². The molecule has 0 bridgehead atoms. The average molecular weight is 215 g/mol. The summed E-state index contributed by atoms with van der Waals surface area (Å²) < 4.78 is 5.56. The Morgan fingerprint density at radius 3 is 3.12 bits per heavy atom. The first-order chi connectivity index (χ1) is 7.92. The molecule has 1 N–H and O–H groups in total. The lowest BCUT2D eigenvalue weighted by Crippen LogP contribution is -2.16. The third kappa shape index (κ3) is 1.84. The highest BCUT2D eigenvalue weighted by molar-refractivity contribution is 6.02. The monoisotopic (exact) mass is 215 g/mol. The SMILES string of the molecule is C1=CC(=Nc2ccc3c(n2)OCCNC3)C1. The van der Waals surface area contributed by atoms with Crippen molar-refractivity contribution in [2.75, 3.05) is 13.2 Å². The molecule has 2 heterocycles. The van der Waals surface area contributed by atoms with E-state index in [1.165, 1.54) is 0 Å². The quantitative estimate of drug-likeness (QED) is 0.774. The number of nitrogens with one attached hydrogen (secondary N) is 1. The summed E-state index contributed by atoms with van der Waals surface area (Å²) in [4.78, 5) is 8.83. The summed E-state index contributed by atoms with van der Waals surface area (Å²) in [6.07, 6.45) is 5.04. The minimum absolute atomic E-state index is 0.667. The van der Waals surface area contributed by atoms with Crippen molar-refractivity contribution in [3.63, 3.8) is 0 Å². The molecule has 0 radical (unpaired) electrons. The standard InChI is InChI=1S/C12H13N3O/c1-2-10(3-1)14-11-5-4-9-8-13-6-7-16-12(9)15-11/h1-2,4-5,13H,3,6-8H2. The van der Waals surface area contributed by atoms with Gasteiger partial charge in [-0.3, -0.25) is 0 Å². The maximum atomic E-state index is 5.56. The highest BCUT2D eigenvalue weighted by atomic mass is 16.5. The highest BCUT2D eigenvalue weighted by Gasteiger charge is 2.11. The molecule has 1 aliphatic heterocycles. The van der Waals surface area contributed by atoms with Crippen molar-refractivity contribution >= 4 is 11.5 Å². The van der Waals surface area contributed by atoms with Crippen molar-refractivity contribution in [2.45, 2.75) is 13.0 Å². The van der Waals surface area contributed by atoms with Crippen molar-refractivity contribution < 1.29 is 4.74 Å². The summed E-state index contributed by atoms with van der Waals surface area (Å²) in [5.41, 5.74) is 2.18. The maximum absolute atomic E-state index is 5.56. The van der Waals surface area contributed by atoms with Crippen LogP contribution in [0.1, 0.15) is 12.0 Å². The predicted molar refractivity (Wildman–Crippen MR) is 62.3 cm³/mol. The number of rotatable bonds is 1. The lowest BCUT2D eigenvalue weighted by molar-refractivity contribution is 0.314. The Hall–Kier alpha value is -1.68. The summed E-state index contributed by atoms with van der Waals surface area (Å²) in [5.74, 6) is 1.45. The van der Waals surface area contributed by atoms with Crippen LogP contribution in [0.15, 0.2) is 29.3 Å². The van der Waals surface area contributed by atoms with Crippen LogP contribution in [-0.4, -0.2) is 23.8 Å². The number of allylic oxidation sites excluding steroid dienone is 2. The van der Waals surface area contributed by atoms with E-state index in [0.29, 0.717) is 6.61 Å². The first-order valence-electron chi connectivity index (χ1n) is 5.49. The van der Waals surface area contributed by atoms with E-state index >= 15 is 0 Å². The largest absolute Gasteiger partial charge is 0.476 e. The smallest absolute Gasteiger partial charge is 0.219 e. The molecular weight excluding hydrogens is 202 g/mol. The Bertz CT molecular complexity index is 465. The van der Waals surface area contributed by atoms with Crippen molar-refractivity contribution in [1.29, 1.82) is 0 Å². The van der Waals surface area contributed by atoms with Gasteiger partial charge in [0.25, 0.3) is 0 Å². The van der Waals surface area contributed by atoms with E-state index in [4.69, 9.17) is 4.74 Å². The number of aliphatic imine (C=N–C) groups is 1. The van der Waals surface area contributed by atoms with Gasteiger partial charge in [0, 0.05) is 30.8 Å². The number of ether oxygens (including phenoxy) is 1. The van der Waals surface area contributed by atoms with Crippen LogP contribution in [0.2, 0.25) is 0 Å². The van der Waals surface area contributed by atoms with E-state index in [0.717, 1.165) is 42.5 Å². The third-order valence-electron chi connectivity index (χ3n) is 2.65. The molecule has 0 atom stereocenters. The molecule has 0 fully saturated rings. The fourth-order valence-corrected chi connectivity index (χ4v) is 1.68. The first-order valence-corrected chi connectivity index (χ1v) is 5.49. The summed E-state index contributed by atoms with van der Waals surface area (Å²) in [6.45, 7) is 2.35. The van der Waals surface area contributed by atoms with Crippen molar-refractivity contribution in [3.8, 4) is 5.88 Å². The Morgan fingerprint density at radius 1 is 1.38 bits per heavy atom. The number of hydrogen-bond donors (Lipinski definition) is 1. The number of pyridine rings is 1. The van der Waals surface area contributed by atoms with Crippen LogP contribution < -0.4 is 10.1 Å². The Balaban J connectivity index is 1.91. The van der Waals surface area contributed by atoms with Gasteiger partial charge in [-0.2, -0.15) is 4.98 Å². The van der Waals surface area contributed by atoms with Crippen LogP contribution in [0.25, 0.3) is 0 Å². The zero-order valence-corrected chi connectivity index (χ0v) is 8.94. The molecule has 0 saturated heterocycles. The third-order valence-corrected chi connectivity index (χ3v) is 2.65. The number of aromatic nitrogens is 1. The second kappa shape index (κ2) is 4.06. The van der Waals surface area contributed by atoms with Gasteiger partial charge in [0.05, 0.1) is 0 Å². The zero-order valence-electron chi connectivity index (χ0n) is 8.94. The van der Waals surface area contributed by atoms with Crippen LogP contribution in [0, 0.1) is 0 Å². The molecule has 0 spiro atoms. The second-order valence-corrected chi connectivity index (χ2v) is 3.87. The van der Waals surface area contributed by atoms with Gasteiger partial charge in [-0.25, -0.2) is 4.99 Å². The zero-order chi connectivity index (χ0) is 10.8. The summed E-state index contributed by atoms with van der Waals surface area (Å²) in [6, 6.07) is 3.97. The van der Waals surface area contributed by atoms with Gasteiger partial charge >= 0.3 is 0 Å². The van der Waals surface area contributed by atoms with Crippen LogP contribution in [-0.2, 0) is 6.54 Å². The summed E-state index contributed by atoms with van der Waals surface area (Å²) >= 11 is 0. The highest BCUT2D eigenvalue weighted by Crippen LogP contribution is 2.22. The van der Waals surface area contributed by atoms with Gasteiger partial charge in [-0.05, 0) is 18.2 Å². The van der Waals surface area contributed by atoms with E-state index in [9.17, 15) is 0 Å². The van der Waals surface area contributed by atoms with Crippen LogP contribution in [0.5, 0.6) is 5.88 Å². The number of hydrogen-bond acceptors (Lipinski definition) is 4. The lowest BCUT2D eigenvalue weighted by atomic mass is 10.1. The molecule has 16 heavy (non-hydrogen) atoms. The van der Waals surface area contributed by atoms with Gasteiger partial charge < -0.3 is 10.1 Å². The molecule has 0 aromatic carbocycles. The molecule has 1 aliphatic carbocycles. The molecule has 3 rings (SSSR count). The Kier molecular flexibility index (Phi) is 2.42. The molecule has 1 aromatic heterocycles. The molecule has 4 heteroatoms. The van der Waals surface area contributed by atoms with Gasteiger partial charge in [0.2, 0.25) is 5.88 Å². The molecule has 0 amide bonds. The lowest BCUT2D eigenvalue weighted by Gasteiger charge is -2.08. The van der Waals surface area contributed by atoms with Gasteiger partial charge in [-0.1, -0.05) is 6.08 Å². The van der Waals surface area contributed by atoms with Gasteiger partial charge in [0.15, 0.2) is 5.82 Å². The van der Waals surface area contributed by atoms with Crippen molar-refractivity contribution in [1.82, 2.24) is 10.3 Å². The topological polar surface area (TPSA) is 46.5 Å². The van der Waals surface area contributed by atoms with E-state index < -0.39 is 0 Å². The number of nitrogens with zero attached hydrogens (tertiary/aromatic N) is 2. The maximum Gasteiger partial charge on any atom is 0.219 e. The summed E-state index contributed by atoms with van der Waals surface area (Å²) in [5, 5.41) is 3.27. The second-order valence-electron chi connectivity index (χ2n) is 3.87.